The van der Waals surface area contributed by atoms with Gasteiger partial charge in [-0.2, -0.15) is 0 Å². The van der Waals surface area contributed by atoms with Gasteiger partial charge < -0.3 is 10.5 Å². The van der Waals surface area contributed by atoms with E-state index in [1.165, 1.54) is 29.5 Å². The summed E-state index contributed by atoms with van der Waals surface area (Å²) in [5, 5.41) is 0. The van der Waals surface area contributed by atoms with Gasteiger partial charge in [0.2, 0.25) is 0 Å². The Morgan fingerprint density at radius 3 is 2.81 bits per heavy atom. The standard InChI is InChI=1S/C14H21NO/c1-10-5-6-12(8-11(10)2)14(15)9-13-4-3-7-16-13/h5-6,8,13-14H,3-4,7,9,15H2,1-2H3. The smallest absolute Gasteiger partial charge is 0.0594 e. The van der Waals surface area contributed by atoms with E-state index in [9.17, 15) is 0 Å². The van der Waals surface area contributed by atoms with Crippen LogP contribution in [0.1, 0.15) is 42.0 Å². The van der Waals surface area contributed by atoms with Crippen molar-refractivity contribution in [1.82, 2.24) is 0 Å². The maximum absolute atomic E-state index is 6.21. The zero-order valence-corrected chi connectivity index (χ0v) is 10.2. The zero-order chi connectivity index (χ0) is 11.5. The molecule has 0 amide bonds. The van der Waals surface area contributed by atoms with Crippen molar-refractivity contribution in [1.29, 1.82) is 0 Å². The first-order chi connectivity index (χ1) is 7.66. The summed E-state index contributed by atoms with van der Waals surface area (Å²) in [5.74, 6) is 0. The first-order valence-corrected chi connectivity index (χ1v) is 6.11. The van der Waals surface area contributed by atoms with Gasteiger partial charge >= 0.3 is 0 Å². The lowest BCUT2D eigenvalue weighted by Gasteiger charge is -2.17. The molecule has 1 fully saturated rings. The van der Waals surface area contributed by atoms with Gasteiger partial charge in [0.05, 0.1) is 6.10 Å². The lowest BCUT2D eigenvalue weighted by Crippen LogP contribution is -2.18. The van der Waals surface area contributed by atoms with Gasteiger partial charge in [-0.3, -0.25) is 0 Å². The lowest BCUT2D eigenvalue weighted by atomic mass is 9.97. The first kappa shape index (κ1) is 11.6. The van der Waals surface area contributed by atoms with Crippen molar-refractivity contribution in [3.63, 3.8) is 0 Å². The van der Waals surface area contributed by atoms with E-state index < -0.39 is 0 Å². The predicted octanol–water partition coefficient (Wildman–Crippen LogP) is 2.87. The van der Waals surface area contributed by atoms with Gasteiger partial charge in [0.1, 0.15) is 0 Å². The molecule has 0 bridgehead atoms. The van der Waals surface area contributed by atoms with E-state index in [0.29, 0.717) is 6.10 Å². The second-order valence-corrected chi connectivity index (χ2v) is 4.82. The molecule has 16 heavy (non-hydrogen) atoms. The molecule has 0 radical (unpaired) electrons. The third-order valence-corrected chi connectivity index (χ3v) is 3.50. The first-order valence-electron chi connectivity index (χ1n) is 6.11. The van der Waals surface area contributed by atoms with Crippen molar-refractivity contribution in [2.45, 2.75) is 45.3 Å². The summed E-state index contributed by atoms with van der Waals surface area (Å²) in [7, 11) is 0. The molecule has 1 aliphatic heterocycles. The topological polar surface area (TPSA) is 35.2 Å². The third-order valence-electron chi connectivity index (χ3n) is 3.50. The van der Waals surface area contributed by atoms with Crippen LogP contribution in [0.3, 0.4) is 0 Å². The van der Waals surface area contributed by atoms with Crippen molar-refractivity contribution in [2.75, 3.05) is 6.61 Å². The van der Waals surface area contributed by atoms with E-state index in [-0.39, 0.29) is 6.04 Å². The average Bonchev–Trinajstić information content (AvgIpc) is 2.74. The fraction of sp³-hybridized carbons (Fsp3) is 0.571. The normalized spacial score (nSPS) is 22.3. The Bertz CT molecular complexity index is 356. The Hall–Kier alpha value is -0.860. The molecular formula is C14H21NO. The molecule has 88 valence electrons. The second-order valence-electron chi connectivity index (χ2n) is 4.82. The van der Waals surface area contributed by atoms with Crippen LogP contribution in [0.5, 0.6) is 0 Å². The van der Waals surface area contributed by atoms with Gasteiger partial charge in [-0.05, 0) is 49.8 Å². The van der Waals surface area contributed by atoms with Crippen LogP contribution < -0.4 is 5.73 Å². The predicted molar refractivity (Wildman–Crippen MR) is 66.4 cm³/mol. The highest BCUT2D eigenvalue weighted by Crippen LogP contribution is 2.24. The number of nitrogens with two attached hydrogens (primary N) is 1. The molecule has 0 saturated carbocycles. The maximum atomic E-state index is 6.21. The second kappa shape index (κ2) is 4.98. The van der Waals surface area contributed by atoms with Crippen LogP contribution in [-0.2, 0) is 4.74 Å². The number of hydrogen-bond donors (Lipinski definition) is 1. The minimum absolute atomic E-state index is 0.113. The van der Waals surface area contributed by atoms with Gasteiger partial charge in [0.25, 0.3) is 0 Å². The van der Waals surface area contributed by atoms with Gasteiger partial charge in [-0.15, -0.1) is 0 Å². The van der Waals surface area contributed by atoms with Crippen molar-refractivity contribution in [3.8, 4) is 0 Å². The monoisotopic (exact) mass is 219 g/mol. The van der Waals surface area contributed by atoms with Crippen LogP contribution in [0.15, 0.2) is 18.2 Å². The van der Waals surface area contributed by atoms with Crippen molar-refractivity contribution in [2.24, 2.45) is 5.73 Å². The molecular weight excluding hydrogens is 198 g/mol. The maximum Gasteiger partial charge on any atom is 0.0594 e. The van der Waals surface area contributed by atoms with Crippen LogP contribution >= 0.6 is 0 Å². The highest BCUT2D eigenvalue weighted by atomic mass is 16.5. The molecule has 1 aliphatic rings. The molecule has 2 heteroatoms. The number of benzene rings is 1. The minimum atomic E-state index is 0.113. The highest BCUT2D eigenvalue weighted by Gasteiger charge is 2.19. The van der Waals surface area contributed by atoms with Crippen LogP contribution in [-0.4, -0.2) is 12.7 Å². The van der Waals surface area contributed by atoms with Gasteiger partial charge in [-0.25, -0.2) is 0 Å². The van der Waals surface area contributed by atoms with Gasteiger partial charge in [0.15, 0.2) is 0 Å². The summed E-state index contributed by atoms with van der Waals surface area (Å²) in [6.45, 7) is 5.17. The van der Waals surface area contributed by atoms with Crippen molar-refractivity contribution in [3.05, 3.63) is 34.9 Å². The molecule has 1 aromatic rings. The van der Waals surface area contributed by atoms with E-state index in [1.54, 1.807) is 0 Å². The fourth-order valence-corrected chi connectivity index (χ4v) is 2.24. The summed E-state index contributed by atoms with van der Waals surface area (Å²) in [6.07, 6.45) is 3.67. The number of ether oxygens (including phenoxy) is 1. The fourth-order valence-electron chi connectivity index (χ4n) is 2.24. The van der Waals surface area contributed by atoms with E-state index in [1.807, 2.05) is 0 Å². The lowest BCUT2D eigenvalue weighted by molar-refractivity contribution is 0.0983. The summed E-state index contributed by atoms with van der Waals surface area (Å²) in [4.78, 5) is 0. The van der Waals surface area contributed by atoms with Gasteiger partial charge in [0, 0.05) is 12.6 Å². The summed E-state index contributed by atoms with van der Waals surface area (Å²) < 4.78 is 5.62. The Morgan fingerprint density at radius 2 is 2.19 bits per heavy atom. The molecule has 2 unspecified atom stereocenters. The highest BCUT2D eigenvalue weighted by molar-refractivity contribution is 5.31. The zero-order valence-electron chi connectivity index (χ0n) is 10.2. The Kier molecular flexibility index (Phi) is 3.62. The molecule has 0 spiro atoms. The van der Waals surface area contributed by atoms with E-state index in [4.69, 9.17) is 10.5 Å². The van der Waals surface area contributed by atoms with E-state index >= 15 is 0 Å². The molecule has 2 N–H and O–H groups in total. The molecule has 1 saturated heterocycles. The van der Waals surface area contributed by atoms with E-state index in [0.717, 1.165) is 13.0 Å². The minimum Gasteiger partial charge on any atom is -0.378 e. The van der Waals surface area contributed by atoms with Crippen LogP contribution in [0.2, 0.25) is 0 Å². The van der Waals surface area contributed by atoms with Crippen LogP contribution in [0, 0.1) is 13.8 Å². The molecule has 2 rings (SSSR count). The largest absolute Gasteiger partial charge is 0.378 e. The molecule has 1 aromatic carbocycles. The molecule has 2 atom stereocenters. The molecule has 1 heterocycles. The SMILES string of the molecule is Cc1ccc(C(N)CC2CCCO2)cc1C. The number of hydrogen-bond acceptors (Lipinski definition) is 2. The van der Waals surface area contributed by atoms with Gasteiger partial charge in [-0.1, -0.05) is 18.2 Å². The van der Waals surface area contributed by atoms with Crippen molar-refractivity contribution < 1.29 is 4.74 Å². The van der Waals surface area contributed by atoms with Crippen LogP contribution in [0.25, 0.3) is 0 Å². The molecule has 2 nitrogen and oxygen atoms in total. The molecule has 0 aliphatic carbocycles. The number of rotatable bonds is 3. The van der Waals surface area contributed by atoms with E-state index in [2.05, 4.69) is 32.0 Å². The molecule has 0 aromatic heterocycles. The van der Waals surface area contributed by atoms with Crippen molar-refractivity contribution >= 4 is 0 Å². The Balaban J connectivity index is 2.02. The average molecular weight is 219 g/mol. The summed E-state index contributed by atoms with van der Waals surface area (Å²) in [5.41, 5.74) is 10.1. The number of aryl methyl sites for hydroxylation is 2. The summed E-state index contributed by atoms with van der Waals surface area (Å²) >= 11 is 0. The van der Waals surface area contributed by atoms with Crippen LogP contribution in [0.4, 0.5) is 0 Å². The summed E-state index contributed by atoms with van der Waals surface area (Å²) in [6, 6.07) is 6.61. The Morgan fingerprint density at radius 1 is 1.38 bits per heavy atom. The third kappa shape index (κ3) is 2.63. The Labute approximate surface area is 97.8 Å². The quantitative estimate of drug-likeness (QED) is 0.848.